The molecule has 0 saturated carbocycles. The predicted octanol–water partition coefficient (Wildman–Crippen LogP) is 4.81. The number of ether oxygens (including phenoxy) is 1. The molecule has 0 aromatic heterocycles. The van der Waals surface area contributed by atoms with Crippen LogP contribution in [-0.2, 0) is 11.2 Å². The molecule has 1 amide bonds. The Labute approximate surface area is 139 Å². The first kappa shape index (κ1) is 16.6. The maximum Gasteiger partial charge on any atom is 0.224 e. The van der Waals surface area contributed by atoms with Gasteiger partial charge in [-0.15, -0.1) is 0 Å². The molecule has 0 atom stereocenters. The van der Waals surface area contributed by atoms with E-state index in [0.29, 0.717) is 19.4 Å². The number of para-hydroxylation sites is 1. The lowest BCUT2D eigenvalue weighted by Crippen LogP contribution is -2.12. The highest BCUT2D eigenvalue weighted by Crippen LogP contribution is 2.26. The van der Waals surface area contributed by atoms with Crippen LogP contribution in [-0.4, -0.2) is 12.5 Å². The van der Waals surface area contributed by atoms with Crippen LogP contribution in [0.4, 0.5) is 5.69 Å². The van der Waals surface area contributed by atoms with Crippen LogP contribution < -0.4 is 10.1 Å². The Balaban J connectivity index is 1.72. The van der Waals surface area contributed by atoms with Gasteiger partial charge in [0.25, 0.3) is 0 Å². The third kappa shape index (κ3) is 5.19. The van der Waals surface area contributed by atoms with Crippen molar-refractivity contribution in [3.8, 4) is 5.75 Å². The molecule has 0 aliphatic carbocycles. The van der Waals surface area contributed by atoms with Crippen LogP contribution in [0.2, 0.25) is 0 Å². The molecule has 0 spiro atoms. The van der Waals surface area contributed by atoms with Crippen molar-refractivity contribution in [2.75, 3.05) is 11.9 Å². The van der Waals surface area contributed by atoms with E-state index in [0.717, 1.165) is 22.3 Å². The molecule has 0 unspecified atom stereocenters. The number of benzene rings is 2. The SMILES string of the molecule is CCc1ccc(OCCCC(=O)Nc2ccccc2)c(Br)c1. The molecular formula is C18H20BrNO2. The summed E-state index contributed by atoms with van der Waals surface area (Å²) >= 11 is 3.51. The predicted molar refractivity (Wildman–Crippen MR) is 93.3 cm³/mol. The number of hydrogen-bond acceptors (Lipinski definition) is 2. The monoisotopic (exact) mass is 361 g/mol. The van der Waals surface area contributed by atoms with Crippen molar-refractivity contribution in [1.82, 2.24) is 0 Å². The molecular weight excluding hydrogens is 342 g/mol. The lowest BCUT2D eigenvalue weighted by atomic mass is 10.2. The van der Waals surface area contributed by atoms with E-state index in [9.17, 15) is 4.79 Å². The summed E-state index contributed by atoms with van der Waals surface area (Å²) in [5, 5.41) is 2.86. The van der Waals surface area contributed by atoms with E-state index in [1.54, 1.807) is 0 Å². The number of rotatable bonds is 7. The van der Waals surface area contributed by atoms with E-state index in [1.807, 2.05) is 36.4 Å². The van der Waals surface area contributed by atoms with Gasteiger partial charge in [-0.25, -0.2) is 0 Å². The molecule has 0 bridgehead atoms. The van der Waals surface area contributed by atoms with Crippen molar-refractivity contribution >= 4 is 27.5 Å². The summed E-state index contributed by atoms with van der Waals surface area (Å²) in [4.78, 5) is 11.8. The van der Waals surface area contributed by atoms with Crippen LogP contribution >= 0.6 is 15.9 Å². The fraction of sp³-hybridized carbons (Fsp3) is 0.278. The number of hydrogen-bond donors (Lipinski definition) is 1. The molecule has 4 heteroatoms. The minimum atomic E-state index is 0.00944. The fourth-order valence-electron chi connectivity index (χ4n) is 2.04. The molecule has 2 rings (SSSR count). The largest absolute Gasteiger partial charge is 0.492 e. The lowest BCUT2D eigenvalue weighted by molar-refractivity contribution is -0.116. The van der Waals surface area contributed by atoms with Gasteiger partial charge < -0.3 is 10.1 Å². The number of carbonyl (C=O) groups is 1. The Morgan fingerprint density at radius 1 is 1.18 bits per heavy atom. The van der Waals surface area contributed by atoms with Gasteiger partial charge in [0.2, 0.25) is 5.91 Å². The molecule has 0 saturated heterocycles. The molecule has 0 radical (unpaired) electrons. The highest BCUT2D eigenvalue weighted by molar-refractivity contribution is 9.10. The van der Waals surface area contributed by atoms with Crippen molar-refractivity contribution in [2.24, 2.45) is 0 Å². The first-order valence-corrected chi connectivity index (χ1v) is 8.24. The van der Waals surface area contributed by atoms with Gasteiger partial charge >= 0.3 is 0 Å². The van der Waals surface area contributed by atoms with Gasteiger partial charge in [0.1, 0.15) is 5.75 Å². The topological polar surface area (TPSA) is 38.3 Å². The zero-order valence-corrected chi connectivity index (χ0v) is 14.2. The average Bonchev–Trinajstić information content (AvgIpc) is 2.53. The van der Waals surface area contributed by atoms with E-state index in [2.05, 4.69) is 40.3 Å². The van der Waals surface area contributed by atoms with Gasteiger partial charge in [0.05, 0.1) is 11.1 Å². The van der Waals surface area contributed by atoms with Crippen LogP contribution in [0.1, 0.15) is 25.3 Å². The third-order valence-corrected chi connectivity index (χ3v) is 3.89. The maximum absolute atomic E-state index is 11.8. The highest BCUT2D eigenvalue weighted by Gasteiger charge is 2.04. The standard InChI is InChI=1S/C18H20BrNO2/c1-2-14-10-11-17(16(19)13-14)22-12-6-9-18(21)20-15-7-4-3-5-8-15/h3-5,7-8,10-11,13H,2,6,9,12H2,1H3,(H,20,21). The second-order valence-electron chi connectivity index (χ2n) is 4.98. The average molecular weight is 362 g/mol. The summed E-state index contributed by atoms with van der Waals surface area (Å²) in [7, 11) is 0. The third-order valence-electron chi connectivity index (χ3n) is 3.27. The summed E-state index contributed by atoms with van der Waals surface area (Å²) in [6.45, 7) is 2.64. The molecule has 0 fully saturated rings. The number of carbonyl (C=O) groups excluding carboxylic acids is 1. The van der Waals surface area contributed by atoms with Gasteiger partial charge in [-0.05, 0) is 58.6 Å². The molecule has 1 N–H and O–H groups in total. The summed E-state index contributed by atoms with van der Waals surface area (Å²) in [6.07, 6.45) is 2.12. The van der Waals surface area contributed by atoms with Crippen LogP contribution in [0.3, 0.4) is 0 Å². The maximum atomic E-state index is 11.8. The molecule has 2 aromatic rings. The van der Waals surface area contributed by atoms with Gasteiger partial charge in [0, 0.05) is 12.1 Å². The first-order valence-electron chi connectivity index (χ1n) is 7.45. The Bertz CT molecular complexity index is 614. The summed E-state index contributed by atoms with van der Waals surface area (Å²) in [5.41, 5.74) is 2.09. The molecule has 2 aromatic carbocycles. The van der Waals surface area contributed by atoms with E-state index in [4.69, 9.17) is 4.74 Å². The number of nitrogens with one attached hydrogen (secondary N) is 1. The Morgan fingerprint density at radius 3 is 2.64 bits per heavy atom. The molecule has 116 valence electrons. The second kappa shape index (κ2) is 8.59. The van der Waals surface area contributed by atoms with Gasteiger partial charge in [-0.3, -0.25) is 4.79 Å². The molecule has 0 heterocycles. The van der Waals surface area contributed by atoms with E-state index in [-0.39, 0.29) is 5.91 Å². The first-order chi connectivity index (χ1) is 10.7. The molecule has 0 aliphatic heterocycles. The minimum absolute atomic E-state index is 0.00944. The zero-order chi connectivity index (χ0) is 15.8. The van der Waals surface area contributed by atoms with Gasteiger partial charge in [-0.1, -0.05) is 31.2 Å². The zero-order valence-electron chi connectivity index (χ0n) is 12.6. The number of anilines is 1. The normalized spacial score (nSPS) is 10.3. The van der Waals surface area contributed by atoms with Crippen LogP contribution in [0.5, 0.6) is 5.75 Å². The Kier molecular flexibility index (Phi) is 6.46. The molecule has 3 nitrogen and oxygen atoms in total. The summed E-state index contributed by atoms with van der Waals surface area (Å²) < 4.78 is 6.67. The molecule has 22 heavy (non-hydrogen) atoms. The Hall–Kier alpha value is -1.81. The smallest absolute Gasteiger partial charge is 0.224 e. The fourth-order valence-corrected chi connectivity index (χ4v) is 2.58. The van der Waals surface area contributed by atoms with Crippen molar-refractivity contribution in [3.05, 3.63) is 58.6 Å². The second-order valence-corrected chi connectivity index (χ2v) is 5.84. The lowest BCUT2D eigenvalue weighted by Gasteiger charge is -2.09. The van der Waals surface area contributed by atoms with Crippen molar-refractivity contribution in [2.45, 2.75) is 26.2 Å². The summed E-state index contributed by atoms with van der Waals surface area (Å²) in [6, 6.07) is 15.6. The summed E-state index contributed by atoms with van der Waals surface area (Å²) in [5.74, 6) is 0.830. The van der Waals surface area contributed by atoms with Crippen molar-refractivity contribution in [3.63, 3.8) is 0 Å². The highest BCUT2D eigenvalue weighted by atomic mass is 79.9. The molecule has 0 aliphatic rings. The van der Waals surface area contributed by atoms with E-state index < -0.39 is 0 Å². The van der Waals surface area contributed by atoms with Gasteiger partial charge in [0.15, 0.2) is 0 Å². The van der Waals surface area contributed by atoms with Crippen LogP contribution in [0, 0.1) is 0 Å². The number of aryl methyl sites for hydroxylation is 1. The van der Waals surface area contributed by atoms with Gasteiger partial charge in [-0.2, -0.15) is 0 Å². The number of amides is 1. The quantitative estimate of drug-likeness (QED) is 0.718. The van der Waals surface area contributed by atoms with Crippen LogP contribution in [0.15, 0.2) is 53.0 Å². The van der Waals surface area contributed by atoms with Crippen molar-refractivity contribution in [1.29, 1.82) is 0 Å². The Morgan fingerprint density at radius 2 is 1.95 bits per heavy atom. The van der Waals surface area contributed by atoms with Crippen LogP contribution in [0.25, 0.3) is 0 Å². The van der Waals surface area contributed by atoms with E-state index >= 15 is 0 Å². The van der Waals surface area contributed by atoms with Crippen molar-refractivity contribution < 1.29 is 9.53 Å². The minimum Gasteiger partial charge on any atom is -0.492 e. The number of halogens is 1. The van der Waals surface area contributed by atoms with E-state index in [1.165, 1.54) is 5.56 Å².